The molecule has 4 N–H and O–H groups in total. The van der Waals surface area contributed by atoms with Gasteiger partial charge in [-0.25, -0.2) is 14.5 Å². The fraction of sp³-hybridized carbons (Fsp3) is 0.675. The minimum Gasteiger partial charge on any atom is -0.481 e. The third-order valence-corrected chi connectivity index (χ3v) is 11.7. The number of aliphatic carboxylic acids is 1. The molecular weight excluding hydrogens is 713 g/mol. The summed E-state index contributed by atoms with van der Waals surface area (Å²) in [6.07, 6.45) is 18.2. The van der Waals surface area contributed by atoms with Crippen LogP contribution in [0.2, 0.25) is 0 Å². The topological polar surface area (TPSA) is 154 Å². The van der Waals surface area contributed by atoms with Gasteiger partial charge in [0.1, 0.15) is 6.04 Å². The number of nitrogens with one attached hydrogen (secondary N) is 3. The lowest BCUT2D eigenvalue weighted by Crippen LogP contribution is -2.47. The van der Waals surface area contributed by atoms with Crippen molar-refractivity contribution in [1.29, 1.82) is 0 Å². The molecule has 2 aliphatic heterocycles. The molecule has 0 aliphatic carbocycles. The first kappa shape index (κ1) is 46.0. The molecule has 0 aromatic carbocycles. The summed E-state index contributed by atoms with van der Waals surface area (Å²) in [5, 5.41) is 17.5. The van der Waals surface area contributed by atoms with E-state index in [0.29, 0.717) is 37.3 Å². The normalized spacial score (nSPS) is 19.4. The van der Waals surface area contributed by atoms with Crippen molar-refractivity contribution in [3.63, 3.8) is 0 Å². The van der Waals surface area contributed by atoms with Crippen molar-refractivity contribution in [2.24, 2.45) is 0 Å². The summed E-state index contributed by atoms with van der Waals surface area (Å²) in [7, 11) is 0. The second kappa shape index (κ2) is 25.8. The SMILES string of the molecule is CC(=O)N[C@@H](CSC/C=C(\C)CC/C=C(\C)CC/C=C(\C)CCC=C(C)C)C(=O)NCCCCOC(=O)N1C(=O)NC2C(CCCCC(=O)O)SCC21. The van der Waals surface area contributed by atoms with Gasteiger partial charge in [-0.15, -0.1) is 0 Å². The van der Waals surface area contributed by atoms with Crippen molar-refractivity contribution in [2.75, 3.05) is 30.4 Å². The number of carboxylic acids is 1. The molecule has 0 aromatic heterocycles. The van der Waals surface area contributed by atoms with Gasteiger partial charge in [0.2, 0.25) is 11.8 Å². The molecule has 2 aliphatic rings. The van der Waals surface area contributed by atoms with E-state index in [9.17, 15) is 24.0 Å². The van der Waals surface area contributed by atoms with E-state index < -0.39 is 24.1 Å². The van der Waals surface area contributed by atoms with E-state index in [0.717, 1.165) is 62.0 Å². The van der Waals surface area contributed by atoms with Gasteiger partial charge in [-0.2, -0.15) is 23.5 Å². The van der Waals surface area contributed by atoms with Crippen LogP contribution in [0.4, 0.5) is 9.59 Å². The van der Waals surface area contributed by atoms with E-state index in [1.54, 1.807) is 23.5 Å². The number of rotatable bonds is 25. The number of hydrogen-bond acceptors (Lipinski definition) is 8. The quantitative estimate of drug-likeness (QED) is 0.0411. The molecule has 2 fully saturated rings. The van der Waals surface area contributed by atoms with Gasteiger partial charge in [-0.1, -0.05) is 53.0 Å². The Morgan fingerprint density at radius 1 is 0.906 bits per heavy atom. The van der Waals surface area contributed by atoms with Gasteiger partial charge in [0.05, 0.1) is 18.7 Å². The Morgan fingerprint density at radius 2 is 1.55 bits per heavy atom. The van der Waals surface area contributed by atoms with E-state index in [-0.39, 0.29) is 42.2 Å². The lowest BCUT2D eigenvalue weighted by atomic mass is 10.0. The molecule has 0 spiro atoms. The summed E-state index contributed by atoms with van der Waals surface area (Å²) in [5.74, 6) is 0.494. The summed E-state index contributed by atoms with van der Waals surface area (Å²) in [5.41, 5.74) is 5.55. The molecule has 53 heavy (non-hydrogen) atoms. The summed E-state index contributed by atoms with van der Waals surface area (Å²) in [6, 6.07) is -1.56. The Bertz CT molecular complexity index is 1340. The first-order chi connectivity index (χ1) is 25.3. The van der Waals surface area contributed by atoms with E-state index >= 15 is 0 Å². The van der Waals surface area contributed by atoms with Crippen LogP contribution >= 0.6 is 23.5 Å². The molecule has 3 unspecified atom stereocenters. The third kappa shape index (κ3) is 19.1. The number of nitrogens with zero attached hydrogens (tertiary/aromatic N) is 1. The Balaban J connectivity index is 1.63. The molecule has 0 saturated carbocycles. The van der Waals surface area contributed by atoms with Crippen molar-refractivity contribution in [2.45, 2.75) is 142 Å². The van der Waals surface area contributed by atoms with Crippen molar-refractivity contribution in [3.05, 3.63) is 46.6 Å². The van der Waals surface area contributed by atoms with E-state index in [1.165, 1.54) is 29.2 Å². The molecule has 0 radical (unpaired) electrons. The highest BCUT2D eigenvalue weighted by Gasteiger charge is 2.51. The lowest BCUT2D eigenvalue weighted by Gasteiger charge is -2.20. The number of imide groups is 1. The van der Waals surface area contributed by atoms with Crippen LogP contribution in [0.3, 0.4) is 0 Å². The number of carbonyl (C=O) groups excluding carboxylic acids is 4. The molecule has 13 heteroatoms. The molecule has 2 rings (SSSR count). The first-order valence-electron chi connectivity index (χ1n) is 19.1. The Kier molecular flexibility index (Phi) is 22.3. The van der Waals surface area contributed by atoms with Crippen LogP contribution in [0.15, 0.2) is 46.6 Å². The van der Waals surface area contributed by atoms with E-state index in [2.05, 4.69) is 74.9 Å². The number of amides is 5. The molecule has 2 heterocycles. The number of unbranched alkanes of at least 4 members (excludes halogenated alkanes) is 2. The smallest absolute Gasteiger partial charge is 0.418 e. The number of hydrogen-bond donors (Lipinski definition) is 4. The highest BCUT2D eigenvalue weighted by molar-refractivity contribution is 8.00. The van der Waals surface area contributed by atoms with Crippen molar-refractivity contribution < 1.29 is 33.8 Å². The fourth-order valence-electron chi connectivity index (χ4n) is 6.16. The minimum absolute atomic E-state index is 0.113. The highest BCUT2D eigenvalue weighted by Crippen LogP contribution is 2.37. The van der Waals surface area contributed by atoms with Crippen LogP contribution < -0.4 is 16.0 Å². The number of carboxylic acid groups (broad SMARTS) is 1. The van der Waals surface area contributed by atoms with Gasteiger partial charge < -0.3 is 25.8 Å². The van der Waals surface area contributed by atoms with Crippen LogP contribution in [0.1, 0.15) is 119 Å². The van der Waals surface area contributed by atoms with Gasteiger partial charge in [-0.3, -0.25) is 14.4 Å². The maximum atomic E-state index is 12.9. The predicted molar refractivity (Wildman–Crippen MR) is 217 cm³/mol. The van der Waals surface area contributed by atoms with Crippen molar-refractivity contribution >= 4 is 53.4 Å². The number of allylic oxidation sites excluding steroid dienone is 7. The zero-order valence-corrected chi connectivity index (χ0v) is 34.4. The standard InChI is InChI=1S/C40H64N4O7S2/c1-28(2)14-11-15-29(3)16-12-17-30(4)18-13-19-31(5)22-25-52-26-33(42-32(6)45)38(48)41-23-9-10-24-51-40(50)44-34-27-53-35(37(34)43-39(44)49)20-7-8-21-36(46)47/h14,16,18,22,33-35,37H,7-13,15,17,19-21,23-27H2,1-6H3,(H,41,48)(H,42,45)(H,43,49)(H,46,47)/b29-16+,30-18+,31-22+/t33-,34?,35?,37?/m0/s1. The molecule has 298 valence electrons. The average Bonchev–Trinajstić information content (AvgIpc) is 3.62. The van der Waals surface area contributed by atoms with Crippen LogP contribution in [0.25, 0.3) is 0 Å². The van der Waals surface area contributed by atoms with E-state index in [4.69, 9.17) is 9.84 Å². The molecule has 0 bridgehead atoms. The number of urea groups is 1. The largest absolute Gasteiger partial charge is 0.481 e. The highest BCUT2D eigenvalue weighted by atomic mass is 32.2. The van der Waals surface area contributed by atoms with Crippen LogP contribution in [-0.4, -0.2) is 93.7 Å². The Morgan fingerprint density at radius 3 is 2.17 bits per heavy atom. The second-order valence-corrected chi connectivity index (χ2v) is 16.7. The van der Waals surface area contributed by atoms with Crippen molar-refractivity contribution in [1.82, 2.24) is 20.9 Å². The number of ether oxygens (including phenoxy) is 1. The van der Waals surface area contributed by atoms with Gasteiger partial charge in [0, 0.05) is 42.4 Å². The van der Waals surface area contributed by atoms with Gasteiger partial charge in [0.25, 0.3) is 0 Å². The van der Waals surface area contributed by atoms with E-state index in [1.807, 2.05) is 0 Å². The summed E-state index contributed by atoms with van der Waals surface area (Å²) in [4.78, 5) is 61.9. The summed E-state index contributed by atoms with van der Waals surface area (Å²) >= 11 is 3.29. The molecule has 5 amide bonds. The molecule has 0 aromatic rings. The van der Waals surface area contributed by atoms with Gasteiger partial charge >= 0.3 is 18.1 Å². The van der Waals surface area contributed by atoms with Gasteiger partial charge in [0.15, 0.2) is 0 Å². The fourth-order valence-corrected chi connectivity index (χ4v) is 8.76. The number of fused-ring (bicyclic) bond motifs is 1. The van der Waals surface area contributed by atoms with Crippen LogP contribution in [-0.2, 0) is 19.1 Å². The Labute approximate surface area is 326 Å². The van der Waals surface area contributed by atoms with Gasteiger partial charge in [-0.05, 0) is 98.8 Å². The maximum absolute atomic E-state index is 12.9. The predicted octanol–water partition coefficient (Wildman–Crippen LogP) is 7.93. The number of carbonyl (C=O) groups is 5. The lowest BCUT2D eigenvalue weighted by molar-refractivity contribution is -0.137. The second-order valence-electron chi connectivity index (χ2n) is 14.4. The van der Waals surface area contributed by atoms with Crippen molar-refractivity contribution in [3.8, 4) is 0 Å². The third-order valence-electron chi connectivity index (χ3n) is 9.24. The zero-order chi connectivity index (χ0) is 39.2. The molecule has 4 atom stereocenters. The Hall–Kier alpha value is -3.19. The van der Waals surface area contributed by atoms with Crippen LogP contribution in [0.5, 0.6) is 0 Å². The molecular formula is C40H64N4O7S2. The average molecular weight is 777 g/mol. The monoisotopic (exact) mass is 776 g/mol. The maximum Gasteiger partial charge on any atom is 0.418 e. The minimum atomic E-state index is -0.814. The molecule has 2 saturated heterocycles. The number of thioether (sulfide) groups is 2. The first-order valence-corrected chi connectivity index (χ1v) is 21.3. The summed E-state index contributed by atoms with van der Waals surface area (Å²) in [6.45, 7) is 12.7. The zero-order valence-electron chi connectivity index (χ0n) is 32.8. The molecule has 11 nitrogen and oxygen atoms in total. The van der Waals surface area contributed by atoms with Crippen LogP contribution in [0, 0.1) is 0 Å². The summed E-state index contributed by atoms with van der Waals surface area (Å²) < 4.78 is 5.40.